The monoisotopic (exact) mass is 373 g/mol. The first kappa shape index (κ1) is 13.4. The minimum absolute atomic E-state index is 0.252. The maximum absolute atomic E-state index is 11.8. The fourth-order valence-corrected chi connectivity index (χ4v) is 2.15. The van der Waals surface area contributed by atoms with E-state index >= 15 is 0 Å². The lowest BCUT2D eigenvalue weighted by Crippen LogP contribution is -2.14. The van der Waals surface area contributed by atoms with Gasteiger partial charge in [-0.15, -0.1) is 0 Å². The van der Waals surface area contributed by atoms with Crippen LogP contribution < -0.4 is 5.56 Å². The molecule has 18 heavy (non-hydrogen) atoms. The average molecular weight is 375 g/mol. The maximum atomic E-state index is 11.8. The van der Waals surface area contributed by atoms with E-state index in [-0.39, 0.29) is 12.2 Å². The Morgan fingerprint density at radius 3 is 2.89 bits per heavy atom. The summed E-state index contributed by atoms with van der Waals surface area (Å²) in [5.41, 5.74) is 0.859. The number of halogens is 2. The lowest BCUT2D eigenvalue weighted by atomic mass is 10.3. The number of rotatable bonds is 3. The second-order valence-electron chi connectivity index (χ2n) is 3.44. The van der Waals surface area contributed by atoms with E-state index in [1.807, 2.05) is 6.07 Å². The van der Waals surface area contributed by atoms with Crippen LogP contribution in [-0.4, -0.2) is 22.1 Å². The molecule has 0 aliphatic carbocycles. The molecular formula is C11H9Br2N3O2. The molecule has 0 bridgehead atoms. The van der Waals surface area contributed by atoms with Crippen LogP contribution >= 0.6 is 31.9 Å². The van der Waals surface area contributed by atoms with Crippen molar-refractivity contribution < 1.29 is 4.74 Å². The molecule has 94 valence electrons. The highest BCUT2D eigenvalue weighted by Crippen LogP contribution is 2.23. The van der Waals surface area contributed by atoms with Crippen LogP contribution in [0, 0.1) is 0 Å². The van der Waals surface area contributed by atoms with E-state index in [0.29, 0.717) is 21.7 Å². The molecule has 0 atom stereocenters. The molecule has 0 saturated heterocycles. The summed E-state index contributed by atoms with van der Waals surface area (Å²) in [5.74, 6) is 0.405. The van der Waals surface area contributed by atoms with Gasteiger partial charge in [-0.2, -0.15) is 0 Å². The SMILES string of the molecule is COCc1nc(-c2ncccc2Br)[nH]c(=O)c1Br. The third-order valence-corrected chi connectivity index (χ3v) is 3.65. The molecule has 2 aromatic heterocycles. The summed E-state index contributed by atoms with van der Waals surface area (Å²) in [7, 11) is 1.55. The van der Waals surface area contributed by atoms with Gasteiger partial charge in [-0.3, -0.25) is 9.78 Å². The smallest absolute Gasteiger partial charge is 0.265 e. The van der Waals surface area contributed by atoms with Gasteiger partial charge in [0.2, 0.25) is 0 Å². The molecule has 0 spiro atoms. The molecule has 0 aliphatic rings. The molecule has 0 amide bonds. The number of aromatic nitrogens is 3. The molecule has 5 nitrogen and oxygen atoms in total. The standard InChI is InChI=1S/C11H9Br2N3O2/c1-18-5-7-8(13)11(17)16-10(15-7)9-6(12)3-2-4-14-9/h2-4H,5H2,1H3,(H,15,16,17). The summed E-state index contributed by atoms with van der Waals surface area (Å²) in [6.45, 7) is 0.252. The lowest BCUT2D eigenvalue weighted by Gasteiger charge is -2.06. The topological polar surface area (TPSA) is 67.9 Å². The number of pyridine rings is 1. The van der Waals surface area contributed by atoms with Crippen LogP contribution in [0.25, 0.3) is 11.5 Å². The predicted molar refractivity (Wildman–Crippen MR) is 74.2 cm³/mol. The number of methoxy groups -OCH3 is 1. The molecule has 2 rings (SSSR count). The molecule has 0 saturated carbocycles. The number of aromatic amines is 1. The number of H-pyrrole nitrogens is 1. The minimum Gasteiger partial charge on any atom is -0.378 e. The van der Waals surface area contributed by atoms with Crippen molar-refractivity contribution in [3.05, 3.63) is 43.3 Å². The number of hydrogen-bond donors (Lipinski definition) is 1. The lowest BCUT2D eigenvalue weighted by molar-refractivity contribution is 0.180. The molecule has 1 N–H and O–H groups in total. The Kier molecular flexibility index (Phi) is 4.26. The first-order valence-corrected chi connectivity index (χ1v) is 6.60. The van der Waals surface area contributed by atoms with Gasteiger partial charge < -0.3 is 9.72 Å². The van der Waals surface area contributed by atoms with Crippen LogP contribution in [0.5, 0.6) is 0 Å². The second kappa shape index (κ2) is 5.73. The average Bonchev–Trinajstić information content (AvgIpc) is 2.35. The van der Waals surface area contributed by atoms with Gasteiger partial charge in [-0.25, -0.2) is 4.98 Å². The summed E-state index contributed by atoms with van der Waals surface area (Å²) >= 11 is 6.56. The van der Waals surface area contributed by atoms with Crippen LogP contribution in [0.4, 0.5) is 0 Å². The number of nitrogens with zero attached hydrogens (tertiary/aromatic N) is 2. The van der Waals surface area contributed by atoms with Crippen molar-refractivity contribution in [2.24, 2.45) is 0 Å². The molecule has 2 heterocycles. The van der Waals surface area contributed by atoms with E-state index in [4.69, 9.17) is 4.74 Å². The second-order valence-corrected chi connectivity index (χ2v) is 5.09. The third kappa shape index (κ3) is 2.68. The molecular weight excluding hydrogens is 366 g/mol. The first-order valence-electron chi connectivity index (χ1n) is 5.02. The Bertz CT molecular complexity index is 628. The van der Waals surface area contributed by atoms with Gasteiger partial charge in [-0.1, -0.05) is 0 Å². The van der Waals surface area contributed by atoms with Crippen molar-refractivity contribution in [2.45, 2.75) is 6.61 Å². The van der Waals surface area contributed by atoms with Crippen molar-refractivity contribution >= 4 is 31.9 Å². The summed E-state index contributed by atoms with van der Waals surface area (Å²) < 4.78 is 6.15. The summed E-state index contributed by atoms with van der Waals surface area (Å²) in [4.78, 5) is 23.0. The summed E-state index contributed by atoms with van der Waals surface area (Å²) in [6.07, 6.45) is 1.64. The summed E-state index contributed by atoms with van der Waals surface area (Å²) in [5, 5.41) is 0. The van der Waals surface area contributed by atoms with E-state index < -0.39 is 0 Å². The van der Waals surface area contributed by atoms with Crippen molar-refractivity contribution in [1.29, 1.82) is 0 Å². The van der Waals surface area contributed by atoms with Gasteiger partial charge in [0.05, 0.1) is 12.3 Å². The van der Waals surface area contributed by atoms with Gasteiger partial charge in [0.1, 0.15) is 10.2 Å². The number of hydrogen-bond acceptors (Lipinski definition) is 4. The first-order chi connectivity index (χ1) is 8.63. The van der Waals surface area contributed by atoms with Gasteiger partial charge in [0.15, 0.2) is 5.82 Å². The van der Waals surface area contributed by atoms with E-state index in [1.54, 1.807) is 19.4 Å². The van der Waals surface area contributed by atoms with Crippen molar-refractivity contribution in [3.63, 3.8) is 0 Å². The van der Waals surface area contributed by atoms with Gasteiger partial charge in [0, 0.05) is 17.8 Å². The maximum Gasteiger partial charge on any atom is 0.265 e. The van der Waals surface area contributed by atoms with Crippen LogP contribution in [0.15, 0.2) is 32.1 Å². The highest BCUT2D eigenvalue weighted by molar-refractivity contribution is 9.10. The van der Waals surface area contributed by atoms with Crippen LogP contribution in [0.2, 0.25) is 0 Å². The molecule has 0 fully saturated rings. The van der Waals surface area contributed by atoms with Crippen LogP contribution in [0.1, 0.15) is 5.69 Å². The minimum atomic E-state index is -0.260. The Hall–Kier alpha value is -1.05. The quantitative estimate of drug-likeness (QED) is 0.896. The van der Waals surface area contributed by atoms with Crippen molar-refractivity contribution in [1.82, 2.24) is 15.0 Å². The van der Waals surface area contributed by atoms with Gasteiger partial charge in [-0.05, 0) is 44.0 Å². The Labute approximate surface area is 120 Å². The zero-order valence-electron chi connectivity index (χ0n) is 9.41. The molecule has 7 heteroatoms. The van der Waals surface area contributed by atoms with Crippen LogP contribution in [-0.2, 0) is 11.3 Å². The van der Waals surface area contributed by atoms with E-state index in [2.05, 4.69) is 46.8 Å². The van der Waals surface area contributed by atoms with Crippen molar-refractivity contribution in [3.8, 4) is 11.5 Å². The van der Waals surface area contributed by atoms with E-state index in [1.165, 1.54) is 0 Å². The van der Waals surface area contributed by atoms with E-state index in [9.17, 15) is 4.79 Å². The Morgan fingerprint density at radius 2 is 2.22 bits per heavy atom. The van der Waals surface area contributed by atoms with E-state index in [0.717, 1.165) is 4.47 Å². The highest BCUT2D eigenvalue weighted by Gasteiger charge is 2.12. The zero-order valence-corrected chi connectivity index (χ0v) is 12.6. The largest absolute Gasteiger partial charge is 0.378 e. The van der Waals surface area contributed by atoms with Gasteiger partial charge >= 0.3 is 0 Å². The third-order valence-electron chi connectivity index (χ3n) is 2.20. The Balaban J connectivity index is 2.59. The number of ether oxygens (including phenoxy) is 1. The van der Waals surface area contributed by atoms with Crippen molar-refractivity contribution in [2.75, 3.05) is 7.11 Å². The molecule has 2 aromatic rings. The molecule has 0 aliphatic heterocycles. The molecule has 0 radical (unpaired) electrons. The fraction of sp³-hybridized carbons (Fsp3) is 0.182. The van der Waals surface area contributed by atoms with Gasteiger partial charge in [0.25, 0.3) is 5.56 Å². The highest BCUT2D eigenvalue weighted by atomic mass is 79.9. The summed E-state index contributed by atoms with van der Waals surface area (Å²) in [6, 6.07) is 3.63. The Morgan fingerprint density at radius 1 is 1.44 bits per heavy atom. The molecule has 0 unspecified atom stereocenters. The number of nitrogens with one attached hydrogen (secondary N) is 1. The zero-order chi connectivity index (χ0) is 13.1. The van der Waals surface area contributed by atoms with Crippen LogP contribution in [0.3, 0.4) is 0 Å². The normalized spacial score (nSPS) is 10.6. The predicted octanol–water partition coefficient (Wildman–Crippen LogP) is 2.50. The fourth-order valence-electron chi connectivity index (χ4n) is 1.41. The molecule has 0 aromatic carbocycles.